The molecule has 1 aromatic rings. The molecule has 1 unspecified atom stereocenters. The first-order chi connectivity index (χ1) is 7.45. The number of rotatable bonds is 4. The van der Waals surface area contributed by atoms with Crippen molar-refractivity contribution in [3.63, 3.8) is 0 Å². The fraction of sp³-hybridized carbons (Fsp3) is 0.636. The van der Waals surface area contributed by atoms with E-state index >= 15 is 0 Å². The molecule has 1 rings (SSSR count). The van der Waals surface area contributed by atoms with Crippen LogP contribution in [0.2, 0.25) is 0 Å². The van der Waals surface area contributed by atoms with Crippen molar-refractivity contribution in [2.24, 2.45) is 5.92 Å². The van der Waals surface area contributed by atoms with Gasteiger partial charge in [0.05, 0.1) is 23.6 Å². The topological polar surface area (TPSA) is 72.9 Å². The third-order valence-electron chi connectivity index (χ3n) is 2.52. The molecular formula is C11H20N4O. The number of nitrogen functional groups attached to an aromatic ring is 1. The third kappa shape index (κ3) is 2.82. The molecule has 0 aliphatic carbocycles. The van der Waals surface area contributed by atoms with Crippen LogP contribution in [-0.2, 0) is 0 Å². The fourth-order valence-electron chi connectivity index (χ4n) is 1.56. The van der Waals surface area contributed by atoms with Gasteiger partial charge < -0.3 is 11.1 Å². The van der Waals surface area contributed by atoms with Crippen molar-refractivity contribution in [1.82, 2.24) is 15.1 Å². The molecule has 1 atom stereocenters. The lowest BCUT2D eigenvalue weighted by Crippen LogP contribution is -2.38. The van der Waals surface area contributed by atoms with Crippen LogP contribution in [0.3, 0.4) is 0 Å². The van der Waals surface area contributed by atoms with Crippen LogP contribution >= 0.6 is 0 Å². The lowest BCUT2D eigenvalue weighted by Gasteiger charge is -2.16. The van der Waals surface area contributed by atoms with Crippen LogP contribution in [0.15, 0.2) is 6.20 Å². The molecule has 0 saturated heterocycles. The van der Waals surface area contributed by atoms with Crippen LogP contribution in [0.1, 0.15) is 30.8 Å². The Morgan fingerprint density at radius 3 is 2.62 bits per heavy atom. The second-order valence-corrected chi connectivity index (χ2v) is 4.42. The van der Waals surface area contributed by atoms with Crippen molar-refractivity contribution in [2.45, 2.75) is 33.2 Å². The molecule has 0 spiro atoms. The number of hydrogen-bond donors (Lipinski definition) is 2. The number of nitrogens with one attached hydrogen (secondary N) is 1. The molecule has 0 aromatic carbocycles. The Bertz CT molecular complexity index is 351. The number of nitrogens with zero attached hydrogens (tertiary/aromatic N) is 2. The molecule has 0 amide bonds. The molecule has 0 radical (unpaired) electrons. The van der Waals surface area contributed by atoms with E-state index in [4.69, 9.17) is 5.73 Å². The lowest BCUT2D eigenvalue weighted by molar-refractivity contribution is 0.0834. The van der Waals surface area contributed by atoms with Crippen LogP contribution in [-0.4, -0.2) is 28.8 Å². The number of aromatic nitrogens is 2. The Kier molecular flexibility index (Phi) is 4.06. The number of anilines is 1. The minimum absolute atomic E-state index is 0.0593. The molecule has 0 fully saturated rings. The zero-order valence-electron chi connectivity index (χ0n) is 10.3. The molecule has 1 heterocycles. The molecule has 3 N–H and O–H groups in total. The van der Waals surface area contributed by atoms with Crippen molar-refractivity contribution in [2.75, 3.05) is 12.8 Å². The predicted octanol–water partition coefficient (Wildman–Crippen LogP) is 1.05. The van der Waals surface area contributed by atoms with Gasteiger partial charge in [-0.1, -0.05) is 13.8 Å². The molecule has 5 heteroatoms. The quantitative estimate of drug-likeness (QED) is 0.801. The summed E-state index contributed by atoms with van der Waals surface area (Å²) in [6.45, 7) is 5.95. The summed E-state index contributed by atoms with van der Waals surface area (Å²) in [4.78, 5) is 12.1. The van der Waals surface area contributed by atoms with E-state index < -0.39 is 0 Å². The molecule has 0 saturated carbocycles. The lowest BCUT2D eigenvalue weighted by atomic mass is 10.0. The molecule has 16 heavy (non-hydrogen) atoms. The second-order valence-electron chi connectivity index (χ2n) is 4.42. The van der Waals surface area contributed by atoms with Crippen molar-refractivity contribution >= 4 is 11.6 Å². The number of hydrogen-bond acceptors (Lipinski definition) is 4. The van der Waals surface area contributed by atoms with Crippen molar-refractivity contribution in [3.05, 3.63) is 11.9 Å². The number of carbonyl (C=O) groups is 1. The maximum absolute atomic E-state index is 12.1. The molecule has 0 bridgehead atoms. The summed E-state index contributed by atoms with van der Waals surface area (Å²) < 4.78 is 1.33. The van der Waals surface area contributed by atoms with Crippen LogP contribution < -0.4 is 11.1 Å². The Hall–Kier alpha value is -1.36. The summed E-state index contributed by atoms with van der Waals surface area (Å²) in [6, 6.07) is -0.210. The van der Waals surface area contributed by atoms with Gasteiger partial charge in [0.1, 0.15) is 0 Å². The average Bonchev–Trinajstić information content (AvgIpc) is 2.54. The Morgan fingerprint density at radius 1 is 1.62 bits per heavy atom. The summed E-state index contributed by atoms with van der Waals surface area (Å²) in [5.74, 6) is 0.395. The largest absolute Gasteiger partial charge is 0.396 e. The summed E-state index contributed by atoms with van der Waals surface area (Å²) in [6.07, 6.45) is 2.36. The van der Waals surface area contributed by atoms with Gasteiger partial charge >= 0.3 is 0 Å². The van der Waals surface area contributed by atoms with E-state index in [1.165, 1.54) is 4.68 Å². The number of likely N-dealkylation sites (N-methyl/N-ethyl adjacent to an activating group) is 1. The number of aryl methyl sites for hydroxylation is 1. The van der Waals surface area contributed by atoms with Gasteiger partial charge in [-0.05, 0) is 26.3 Å². The van der Waals surface area contributed by atoms with Crippen molar-refractivity contribution < 1.29 is 4.79 Å². The van der Waals surface area contributed by atoms with Crippen molar-refractivity contribution in [3.8, 4) is 0 Å². The van der Waals surface area contributed by atoms with E-state index in [1.807, 2.05) is 0 Å². The standard InChI is InChI=1S/C11H20N4O/c1-7(2)5-10(13-4)11(16)15-6-9(12)8(3)14-15/h6-7,10,13H,5,12H2,1-4H3. The van der Waals surface area contributed by atoms with Gasteiger partial charge in [0.2, 0.25) is 0 Å². The fourth-order valence-corrected chi connectivity index (χ4v) is 1.56. The highest BCUT2D eigenvalue weighted by Gasteiger charge is 2.20. The summed E-state index contributed by atoms with van der Waals surface area (Å²) in [5.41, 5.74) is 6.90. The first-order valence-corrected chi connectivity index (χ1v) is 5.49. The molecular weight excluding hydrogens is 204 g/mol. The first kappa shape index (κ1) is 12.7. The zero-order valence-corrected chi connectivity index (χ0v) is 10.3. The maximum Gasteiger partial charge on any atom is 0.264 e. The van der Waals surface area contributed by atoms with E-state index in [0.29, 0.717) is 17.3 Å². The van der Waals surface area contributed by atoms with Gasteiger partial charge in [-0.15, -0.1) is 0 Å². The molecule has 0 aliphatic rings. The van der Waals surface area contributed by atoms with Gasteiger partial charge in [-0.2, -0.15) is 5.10 Å². The minimum atomic E-state index is -0.210. The second kappa shape index (κ2) is 5.12. The van der Waals surface area contributed by atoms with Crippen LogP contribution in [0.4, 0.5) is 5.69 Å². The summed E-state index contributed by atoms with van der Waals surface area (Å²) in [5, 5.41) is 7.10. The molecule has 5 nitrogen and oxygen atoms in total. The highest BCUT2D eigenvalue weighted by molar-refractivity contribution is 5.84. The SMILES string of the molecule is CNC(CC(C)C)C(=O)n1cc(N)c(C)n1. The van der Waals surface area contributed by atoms with Gasteiger partial charge in [-0.3, -0.25) is 4.79 Å². The van der Waals surface area contributed by atoms with Gasteiger partial charge in [0, 0.05) is 0 Å². The third-order valence-corrected chi connectivity index (χ3v) is 2.52. The Balaban J connectivity index is 2.82. The molecule has 0 aliphatic heterocycles. The molecule has 1 aromatic heterocycles. The minimum Gasteiger partial charge on any atom is -0.396 e. The van der Waals surface area contributed by atoms with E-state index in [0.717, 1.165) is 6.42 Å². The summed E-state index contributed by atoms with van der Waals surface area (Å²) >= 11 is 0. The highest BCUT2D eigenvalue weighted by atomic mass is 16.2. The van der Waals surface area contributed by atoms with Gasteiger partial charge in [0.15, 0.2) is 0 Å². The van der Waals surface area contributed by atoms with Gasteiger partial charge in [0.25, 0.3) is 5.91 Å². The number of nitrogens with two attached hydrogens (primary N) is 1. The van der Waals surface area contributed by atoms with E-state index in [9.17, 15) is 4.79 Å². The summed E-state index contributed by atoms with van der Waals surface area (Å²) in [7, 11) is 1.78. The maximum atomic E-state index is 12.1. The monoisotopic (exact) mass is 224 g/mol. The van der Waals surface area contributed by atoms with Crippen LogP contribution in [0.25, 0.3) is 0 Å². The van der Waals surface area contributed by atoms with Crippen molar-refractivity contribution in [1.29, 1.82) is 0 Å². The Morgan fingerprint density at radius 2 is 2.25 bits per heavy atom. The zero-order chi connectivity index (χ0) is 12.3. The normalized spacial score (nSPS) is 13.1. The van der Waals surface area contributed by atoms with E-state index in [1.54, 1.807) is 20.2 Å². The highest BCUT2D eigenvalue weighted by Crippen LogP contribution is 2.10. The molecule has 90 valence electrons. The Labute approximate surface area is 96.0 Å². The predicted molar refractivity (Wildman–Crippen MR) is 64.3 cm³/mol. The number of carbonyl (C=O) groups excluding carboxylic acids is 1. The first-order valence-electron chi connectivity index (χ1n) is 5.49. The smallest absolute Gasteiger partial charge is 0.264 e. The average molecular weight is 224 g/mol. The van der Waals surface area contributed by atoms with Crippen LogP contribution in [0, 0.1) is 12.8 Å². The van der Waals surface area contributed by atoms with Crippen LogP contribution in [0.5, 0.6) is 0 Å². The van der Waals surface area contributed by atoms with E-state index in [2.05, 4.69) is 24.3 Å². The van der Waals surface area contributed by atoms with E-state index in [-0.39, 0.29) is 11.9 Å². The van der Waals surface area contributed by atoms with Gasteiger partial charge in [-0.25, -0.2) is 4.68 Å².